The van der Waals surface area contributed by atoms with E-state index in [1.807, 2.05) is 0 Å². The van der Waals surface area contributed by atoms with Gasteiger partial charge in [0.2, 0.25) is 0 Å². The Bertz CT molecular complexity index is 3920. The summed E-state index contributed by atoms with van der Waals surface area (Å²) >= 11 is 0. The van der Waals surface area contributed by atoms with Crippen molar-refractivity contribution in [2.75, 3.05) is 9.80 Å². The molecule has 14 rings (SSSR count). The Hall–Kier alpha value is -8.86. The van der Waals surface area contributed by atoms with Gasteiger partial charge in [0, 0.05) is 79.6 Å². The molecule has 0 radical (unpaired) electrons. The smallest absolute Gasteiger partial charge is 0.0540 e. The van der Waals surface area contributed by atoms with Crippen LogP contribution in [-0.2, 0) is 14.1 Å². The predicted molar refractivity (Wildman–Crippen MR) is 291 cm³/mol. The standard InChI is InChI=1S/C64H44N4/c1-65-59-37-35-52-51(63(59)53-33-31-45(39-61(53)65)67(55-27-11-19-41-15-3-7-23-47(41)55)56-28-12-20-42-16-4-8-24-48(42)56)36-38-60-64(52)54-34-32-46(40-62(54)66(60)2)68(57-29-13-21-43-17-5-9-25-49(43)57)58-30-14-22-44-18-6-10-26-50(44)58/h3-40H,1-2H3. The van der Waals surface area contributed by atoms with Gasteiger partial charge in [0.15, 0.2) is 0 Å². The molecule has 2 aromatic heterocycles. The van der Waals surface area contributed by atoms with E-state index in [-0.39, 0.29) is 0 Å². The minimum atomic E-state index is 1.12. The monoisotopic (exact) mass is 868 g/mol. The molecule has 4 nitrogen and oxygen atoms in total. The maximum absolute atomic E-state index is 2.45. The van der Waals surface area contributed by atoms with Crippen molar-refractivity contribution in [1.29, 1.82) is 0 Å². The highest BCUT2D eigenvalue weighted by Crippen LogP contribution is 2.47. The van der Waals surface area contributed by atoms with Gasteiger partial charge in [-0.3, -0.25) is 0 Å². The molecule has 0 unspecified atom stereocenters. The van der Waals surface area contributed by atoms with Gasteiger partial charge in [-0.25, -0.2) is 0 Å². The van der Waals surface area contributed by atoms with Crippen LogP contribution in [0.15, 0.2) is 231 Å². The molecule has 0 amide bonds. The van der Waals surface area contributed by atoms with Gasteiger partial charge < -0.3 is 18.9 Å². The van der Waals surface area contributed by atoms with Gasteiger partial charge >= 0.3 is 0 Å². The number of hydrogen-bond donors (Lipinski definition) is 0. The molecule has 12 aromatic carbocycles. The van der Waals surface area contributed by atoms with Gasteiger partial charge in [-0.2, -0.15) is 0 Å². The quantitative estimate of drug-likeness (QED) is 0.166. The van der Waals surface area contributed by atoms with Crippen LogP contribution in [0.2, 0.25) is 0 Å². The summed E-state index contributed by atoms with van der Waals surface area (Å²) < 4.78 is 4.76. The third-order valence-corrected chi connectivity index (χ3v) is 14.7. The fraction of sp³-hybridized carbons (Fsp3) is 0.0312. The van der Waals surface area contributed by atoms with E-state index in [2.05, 4.69) is 264 Å². The van der Waals surface area contributed by atoms with Crippen molar-refractivity contribution in [3.05, 3.63) is 231 Å². The lowest BCUT2D eigenvalue weighted by atomic mass is 9.99. The van der Waals surface area contributed by atoms with E-state index in [1.165, 1.54) is 97.5 Å². The van der Waals surface area contributed by atoms with E-state index in [4.69, 9.17) is 0 Å². The molecule has 0 fully saturated rings. The Morgan fingerprint density at radius 2 is 0.544 bits per heavy atom. The molecular weight excluding hydrogens is 825 g/mol. The summed E-state index contributed by atoms with van der Waals surface area (Å²) in [6.45, 7) is 0. The lowest BCUT2D eigenvalue weighted by molar-refractivity contribution is 1.01. The summed E-state index contributed by atoms with van der Waals surface area (Å²) in [5, 5.41) is 17.3. The number of fused-ring (bicyclic) bond motifs is 13. The maximum atomic E-state index is 2.45. The highest BCUT2D eigenvalue weighted by atomic mass is 15.2. The largest absolute Gasteiger partial charge is 0.344 e. The van der Waals surface area contributed by atoms with Crippen molar-refractivity contribution < 1.29 is 0 Å². The average molecular weight is 869 g/mol. The number of aromatic nitrogens is 2. The summed E-state index contributed by atoms with van der Waals surface area (Å²) in [7, 11) is 4.44. The fourth-order valence-corrected chi connectivity index (χ4v) is 11.5. The van der Waals surface area contributed by atoms with Crippen molar-refractivity contribution in [1.82, 2.24) is 9.13 Å². The maximum Gasteiger partial charge on any atom is 0.0540 e. The molecule has 0 N–H and O–H groups in total. The Morgan fingerprint density at radius 1 is 0.250 bits per heavy atom. The second kappa shape index (κ2) is 14.8. The zero-order valence-corrected chi connectivity index (χ0v) is 37.7. The minimum absolute atomic E-state index is 1.12. The predicted octanol–water partition coefficient (Wildman–Crippen LogP) is 17.7. The van der Waals surface area contributed by atoms with Gasteiger partial charge in [-0.15, -0.1) is 0 Å². The fourth-order valence-electron chi connectivity index (χ4n) is 11.5. The molecule has 2 heterocycles. The first-order chi connectivity index (χ1) is 33.6. The molecular formula is C64H44N4. The average Bonchev–Trinajstić information content (AvgIpc) is 3.85. The first-order valence-corrected chi connectivity index (χ1v) is 23.5. The molecule has 68 heavy (non-hydrogen) atoms. The Kier molecular flexibility index (Phi) is 8.38. The summed E-state index contributed by atoms with van der Waals surface area (Å²) in [4.78, 5) is 4.91. The molecule has 0 aliphatic heterocycles. The van der Waals surface area contributed by atoms with Crippen LogP contribution in [0.3, 0.4) is 0 Å². The van der Waals surface area contributed by atoms with Crippen LogP contribution in [0, 0.1) is 0 Å². The third kappa shape index (κ3) is 5.61. The van der Waals surface area contributed by atoms with E-state index < -0.39 is 0 Å². The van der Waals surface area contributed by atoms with Crippen LogP contribution < -0.4 is 9.80 Å². The number of rotatable bonds is 6. The van der Waals surface area contributed by atoms with Crippen LogP contribution in [0.4, 0.5) is 34.1 Å². The molecule has 320 valence electrons. The second-order valence-corrected chi connectivity index (χ2v) is 18.2. The Labute approximate surface area is 393 Å². The van der Waals surface area contributed by atoms with Crippen molar-refractivity contribution in [3.8, 4) is 0 Å². The molecule has 4 heteroatoms. The van der Waals surface area contributed by atoms with Gasteiger partial charge in [-0.1, -0.05) is 170 Å². The summed E-state index contributed by atoms with van der Waals surface area (Å²) in [5.74, 6) is 0. The number of aryl methyl sites for hydroxylation is 2. The number of nitrogens with zero attached hydrogens (tertiary/aromatic N) is 4. The van der Waals surface area contributed by atoms with Gasteiger partial charge in [0.1, 0.15) is 0 Å². The Morgan fingerprint density at radius 3 is 0.882 bits per heavy atom. The van der Waals surface area contributed by atoms with Crippen molar-refractivity contribution in [3.63, 3.8) is 0 Å². The first-order valence-electron chi connectivity index (χ1n) is 23.5. The molecule has 14 aromatic rings. The van der Waals surface area contributed by atoms with Crippen LogP contribution >= 0.6 is 0 Å². The molecule has 0 saturated carbocycles. The topological polar surface area (TPSA) is 16.3 Å². The lowest BCUT2D eigenvalue weighted by Gasteiger charge is -2.28. The van der Waals surface area contributed by atoms with E-state index in [1.54, 1.807) is 0 Å². The van der Waals surface area contributed by atoms with Crippen LogP contribution in [-0.4, -0.2) is 9.13 Å². The highest BCUT2D eigenvalue weighted by molar-refractivity contribution is 6.29. The Balaban J connectivity index is 0.965. The van der Waals surface area contributed by atoms with E-state index in [0.717, 1.165) is 34.1 Å². The zero-order valence-electron chi connectivity index (χ0n) is 37.7. The summed E-state index contributed by atoms with van der Waals surface area (Å²) in [6, 6.07) is 84.9. The molecule has 0 aliphatic rings. The van der Waals surface area contributed by atoms with Gasteiger partial charge in [-0.05, 0) is 93.0 Å². The van der Waals surface area contributed by atoms with Crippen LogP contribution in [0.25, 0.3) is 97.5 Å². The summed E-state index contributed by atoms with van der Waals surface area (Å²) in [5.41, 5.74) is 11.7. The molecule has 0 bridgehead atoms. The first kappa shape index (κ1) is 38.4. The van der Waals surface area contributed by atoms with Gasteiger partial charge in [0.25, 0.3) is 0 Å². The SMILES string of the molecule is Cn1c2cc(N(c3cccc4ccccc34)c3cccc4ccccc34)ccc2c2c3ccc4c(c3ccc21)c1ccc(N(c2cccc3ccccc23)c2cccc3ccccc23)cc1n4C. The van der Waals surface area contributed by atoms with Crippen molar-refractivity contribution in [2.45, 2.75) is 0 Å². The zero-order chi connectivity index (χ0) is 45.0. The minimum Gasteiger partial charge on any atom is -0.344 e. The van der Waals surface area contributed by atoms with E-state index in [0.29, 0.717) is 0 Å². The van der Waals surface area contributed by atoms with Crippen molar-refractivity contribution in [2.24, 2.45) is 14.1 Å². The summed E-state index contributed by atoms with van der Waals surface area (Å²) in [6.07, 6.45) is 0. The number of benzene rings is 12. The molecule has 0 spiro atoms. The molecule has 0 aliphatic carbocycles. The second-order valence-electron chi connectivity index (χ2n) is 18.2. The van der Waals surface area contributed by atoms with E-state index >= 15 is 0 Å². The van der Waals surface area contributed by atoms with Crippen molar-refractivity contribution >= 4 is 132 Å². The molecule has 0 atom stereocenters. The lowest BCUT2D eigenvalue weighted by Crippen LogP contribution is -2.11. The third-order valence-electron chi connectivity index (χ3n) is 14.7. The van der Waals surface area contributed by atoms with Crippen LogP contribution in [0.1, 0.15) is 0 Å². The number of anilines is 6. The molecule has 0 saturated heterocycles. The van der Waals surface area contributed by atoms with E-state index in [9.17, 15) is 0 Å². The number of hydrogen-bond acceptors (Lipinski definition) is 2. The highest BCUT2D eigenvalue weighted by Gasteiger charge is 2.23. The normalized spacial score (nSPS) is 12.0. The van der Waals surface area contributed by atoms with Gasteiger partial charge in [0.05, 0.1) is 33.8 Å². The van der Waals surface area contributed by atoms with Crippen LogP contribution in [0.5, 0.6) is 0 Å².